The van der Waals surface area contributed by atoms with Crippen LogP contribution in [-0.2, 0) is 11.2 Å². The van der Waals surface area contributed by atoms with Crippen molar-refractivity contribution in [2.75, 3.05) is 0 Å². The number of carboxylic acid groups (broad SMARTS) is 1. The lowest BCUT2D eigenvalue weighted by atomic mass is 9.75. The Bertz CT molecular complexity index is 646. The predicted molar refractivity (Wildman–Crippen MR) is 95.4 cm³/mol. The van der Waals surface area contributed by atoms with E-state index in [-0.39, 0.29) is 41.8 Å². The molecule has 0 aliphatic heterocycles. The SMILES string of the molecule is N[C@H]1CC[C@H](CC(=O)N[C@@H](Cc2cccc(C(=O)O)c2O)B(O)O)CC1. The zero-order valence-electron chi connectivity index (χ0n) is 14.5. The van der Waals surface area contributed by atoms with Crippen molar-refractivity contribution in [3.05, 3.63) is 29.3 Å². The highest BCUT2D eigenvalue weighted by Crippen LogP contribution is 2.26. The van der Waals surface area contributed by atoms with Crippen LogP contribution >= 0.6 is 0 Å². The summed E-state index contributed by atoms with van der Waals surface area (Å²) in [6.45, 7) is 0. The number of carbonyl (C=O) groups excluding carboxylic acids is 1. The van der Waals surface area contributed by atoms with Crippen LogP contribution in [0.3, 0.4) is 0 Å². The number of carbonyl (C=O) groups is 2. The van der Waals surface area contributed by atoms with Crippen LogP contribution in [0.15, 0.2) is 18.2 Å². The molecule has 1 saturated carbocycles. The number of hydrogen-bond acceptors (Lipinski definition) is 6. The lowest BCUT2D eigenvalue weighted by molar-refractivity contribution is -0.122. The molecule has 0 radical (unpaired) electrons. The average molecular weight is 364 g/mol. The minimum atomic E-state index is -1.84. The Kier molecular flexibility index (Phi) is 7.02. The summed E-state index contributed by atoms with van der Waals surface area (Å²) in [7, 11) is -1.84. The Morgan fingerprint density at radius 1 is 1.23 bits per heavy atom. The first kappa shape index (κ1) is 20.2. The van der Waals surface area contributed by atoms with E-state index < -0.39 is 24.8 Å². The number of benzene rings is 1. The van der Waals surface area contributed by atoms with Crippen molar-refractivity contribution in [1.82, 2.24) is 5.32 Å². The molecule has 1 fully saturated rings. The number of aromatic hydroxyl groups is 1. The highest BCUT2D eigenvalue weighted by atomic mass is 16.4. The third kappa shape index (κ3) is 5.45. The Hall–Kier alpha value is -2.10. The molecule has 0 bridgehead atoms. The van der Waals surface area contributed by atoms with Crippen molar-refractivity contribution in [3.8, 4) is 5.75 Å². The molecule has 7 N–H and O–H groups in total. The molecule has 1 amide bonds. The van der Waals surface area contributed by atoms with Crippen molar-refractivity contribution < 1.29 is 29.9 Å². The Balaban J connectivity index is 2.00. The van der Waals surface area contributed by atoms with E-state index in [0.717, 1.165) is 25.7 Å². The average Bonchev–Trinajstić information content (AvgIpc) is 2.57. The van der Waals surface area contributed by atoms with Gasteiger partial charge in [-0.25, -0.2) is 4.79 Å². The fraction of sp³-hybridized carbons (Fsp3) is 0.529. The molecule has 8 nitrogen and oxygen atoms in total. The fourth-order valence-corrected chi connectivity index (χ4v) is 3.32. The fourth-order valence-electron chi connectivity index (χ4n) is 3.32. The Morgan fingerprint density at radius 3 is 2.46 bits per heavy atom. The van der Waals surface area contributed by atoms with E-state index in [0.29, 0.717) is 0 Å². The standard InChI is InChI=1S/C17H25BN2O6/c19-12-6-4-10(5-7-12)8-15(21)20-14(18(25)26)9-11-2-1-3-13(16(11)22)17(23)24/h1-3,10,12,14,22,25-26H,4-9,19H2,(H,20,21)(H,23,24)/t10-,12-,14-/m0/s1. The zero-order chi connectivity index (χ0) is 19.3. The molecule has 0 heterocycles. The van der Waals surface area contributed by atoms with E-state index in [2.05, 4.69) is 5.32 Å². The molecule has 26 heavy (non-hydrogen) atoms. The van der Waals surface area contributed by atoms with E-state index in [1.165, 1.54) is 18.2 Å². The van der Waals surface area contributed by atoms with Crippen molar-refractivity contribution in [2.45, 2.75) is 50.5 Å². The number of aromatic carboxylic acids is 1. The summed E-state index contributed by atoms with van der Waals surface area (Å²) in [4.78, 5) is 23.3. The largest absolute Gasteiger partial charge is 0.507 e. The van der Waals surface area contributed by atoms with E-state index in [4.69, 9.17) is 10.8 Å². The van der Waals surface area contributed by atoms with Gasteiger partial charge in [-0.15, -0.1) is 0 Å². The third-order valence-electron chi connectivity index (χ3n) is 4.86. The minimum absolute atomic E-state index is 0.105. The van der Waals surface area contributed by atoms with Crippen molar-refractivity contribution in [1.29, 1.82) is 0 Å². The summed E-state index contributed by atoms with van der Waals surface area (Å²) in [5.41, 5.74) is 5.79. The second kappa shape index (κ2) is 9.02. The molecular weight excluding hydrogens is 339 g/mol. The van der Waals surface area contributed by atoms with Gasteiger partial charge in [-0.2, -0.15) is 0 Å². The molecule has 142 valence electrons. The van der Waals surface area contributed by atoms with E-state index in [1.807, 2.05) is 0 Å². The van der Waals surface area contributed by atoms with Crippen LogP contribution in [0.1, 0.15) is 48.0 Å². The van der Waals surface area contributed by atoms with Gasteiger partial charge < -0.3 is 31.3 Å². The molecule has 1 aliphatic rings. The van der Waals surface area contributed by atoms with Crippen LogP contribution in [-0.4, -0.2) is 51.2 Å². The van der Waals surface area contributed by atoms with Gasteiger partial charge in [0.2, 0.25) is 5.91 Å². The topological polar surface area (TPSA) is 153 Å². The van der Waals surface area contributed by atoms with E-state index >= 15 is 0 Å². The van der Waals surface area contributed by atoms with Gasteiger partial charge >= 0.3 is 13.1 Å². The number of para-hydroxylation sites is 1. The number of nitrogens with one attached hydrogen (secondary N) is 1. The summed E-state index contributed by atoms with van der Waals surface area (Å²) in [5, 5.41) is 40.8. The summed E-state index contributed by atoms with van der Waals surface area (Å²) < 4.78 is 0. The van der Waals surface area contributed by atoms with Gasteiger partial charge in [-0.1, -0.05) is 12.1 Å². The number of hydrogen-bond donors (Lipinski definition) is 6. The number of carboxylic acids is 1. The quantitative estimate of drug-likeness (QED) is 0.373. The molecule has 9 heteroatoms. The van der Waals surface area contributed by atoms with Gasteiger partial charge in [-0.05, 0) is 49.7 Å². The third-order valence-corrected chi connectivity index (χ3v) is 4.86. The molecule has 1 atom stereocenters. The number of amides is 1. The second-order valence-electron chi connectivity index (χ2n) is 6.90. The van der Waals surface area contributed by atoms with Crippen LogP contribution in [0.5, 0.6) is 5.75 Å². The molecular formula is C17H25BN2O6. The lowest BCUT2D eigenvalue weighted by Gasteiger charge is -2.26. The van der Waals surface area contributed by atoms with Gasteiger partial charge in [-0.3, -0.25) is 4.79 Å². The number of rotatable bonds is 7. The molecule has 2 rings (SSSR count). The lowest BCUT2D eigenvalue weighted by Crippen LogP contribution is -2.48. The van der Waals surface area contributed by atoms with Crippen molar-refractivity contribution >= 4 is 19.0 Å². The molecule has 1 aromatic carbocycles. The van der Waals surface area contributed by atoms with Crippen molar-refractivity contribution in [2.24, 2.45) is 11.7 Å². The highest BCUT2D eigenvalue weighted by Gasteiger charge is 2.29. The van der Waals surface area contributed by atoms with E-state index in [9.17, 15) is 24.7 Å². The van der Waals surface area contributed by atoms with Crippen LogP contribution in [0.4, 0.5) is 0 Å². The molecule has 0 spiro atoms. The first-order chi connectivity index (χ1) is 12.3. The first-order valence-corrected chi connectivity index (χ1v) is 8.73. The van der Waals surface area contributed by atoms with Gasteiger partial charge in [0.15, 0.2) is 0 Å². The summed E-state index contributed by atoms with van der Waals surface area (Å²) >= 11 is 0. The normalized spacial score (nSPS) is 21.0. The maximum Gasteiger partial charge on any atom is 0.475 e. The molecule has 1 aromatic rings. The first-order valence-electron chi connectivity index (χ1n) is 8.73. The smallest absolute Gasteiger partial charge is 0.475 e. The maximum atomic E-state index is 12.2. The maximum absolute atomic E-state index is 12.2. The van der Waals surface area contributed by atoms with Crippen LogP contribution in [0.25, 0.3) is 0 Å². The molecule has 1 aliphatic carbocycles. The highest BCUT2D eigenvalue weighted by molar-refractivity contribution is 6.43. The Labute approximate surface area is 152 Å². The van der Waals surface area contributed by atoms with Crippen LogP contribution in [0, 0.1) is 5.92 Å². The number of phenols is 1. The van der Waals surface area contributed by atoms with Crippen molar-refractivity contribution in [3.63, 3.8) is 0 Å². The van der Waals surface area contributed by atoms with Gasteiger partial charge in [0.1, 0.15) is 11.3 Å². The van der Waals surface area contributed by atoms with Gasteiger partial charge in [0.25, 0.3) is 0 Å². The summed E-state index contributed by atoms with van der Waals surface area (Å²) in [6.07, 6.45) is 3.65. The zero-order valence-corrected chi connectivity index (χ0v) is 14.5. The molecule has 0 unspecified atom stereocenters. The van der Waals surface area contributed by atoms with E-state index in [1.54, 1.807) is 0 Å². The number of nitrogens with two attached hydrogens (primary N) is 1. The minimum Gasteiger partial charge on any atom is -0.507 e. The summed E-state index contributed by atoms with van der Waals surface area (Å²) in [5.74, 6) is -2.87. The van der Waals surface area contributed by atoms with Crippen LogP contribution < -0.4 is 11.1 Å². The van der Waals surface area contributed by atoms with Gasteiger partial charge in [0.05, 0.1) is 5.94 Å². The predicted octanol–water partition coefficient (Wildman–Crippen LogP) is 0.0373. The molecule has 0 saturated heterocycles. The Morgan fingerprint density at radius 2 is 1.88 bits per heavy atom. The monoisotopic (exact) mass is 364 g/mol. The van der Waals surface area contributed by atoms with Gasteiger partial charge in [0, 0.05) is 12.5 Å². The second-order valence-corrected chi connectivity index (χ2v) is 6.90. The molecule has 0 aromatic heterocycles. The van der Waals surface area contributed by atoms with Crippen LogP contribution in [0.2, 0.25) is 0 Å². The summed E-state index contributed by atoms with van der Waals surface area (Å²) in [6, 6.07) is 4.36.